The van der Waals surface area contributed by atoms with Crippen molar-refractivity contribution in [1.82, 2.24) is 24.7 Å². The smallest absolute Gasteiger partial charge is 0.326 e. The molecule has 7 nitrogen and oxygen atoms in total. The van der Waals surface area contributed by atoms with Crippen molar-refractivity contribution in [3.8, 4) is 11.5 Å². The van der Waals surface area contributed by atoms with Crippen LogP contribution in [0.5, 0.6) is 0 Å². The number of fused-ring (bicyclic) bond motifs is 2. The van der Waals surface area contributed by atoms with E-state index >= 15 is 0 Å². The summed E-state index contributed by atoms with van der Waals surface area (Å²) in [5.74, 6) is 1.29. The fraction of sp³-hybridized carbons (Fsp3) is 0.150. The maximum atomic E-state index is 12.1. The summed E-state index contributed by atoms with van der Waals surface area (Å²) in [7, 11) is 0. The molecule has 5 rings (SSSR count). The highest BCUT2D eigenvalue weighted by atomic mass is 32.2. The summed E-state index contributed by atoms with van der Waals surface area (Å²) in [4.78, 5) is 18.2. The molecule has 2 N–H and O–H groups in total. The number of hydrogen-bond acceptors (Lipinski definition) is 5. The molecule has 0 amide bonds. The average molecular weight is 391 g/mol. The van der Waals surface area contributed by atoms with Gasteiger partial charge < -0.3 is 14.4 Å². The lowest BCUT2D eigenvalue weighted by molar-refractivity contribution is 0.466. The molecule has 8 heteroatoms. The number of aromatic amines is 2. The lowest BCUT2D eigenvalue weighted by atomic mass is 10.2. The van der Waals surface area contributed by atoms with E-state index in [0.717, 1.165) is 39.7 Å². The number of para-hydroxylation sites is 3. The molecule has 0 fully saturated rings. The maximum Gasteiger partial charge on any atom is 0.326 e. The predicted octanol–water partition coefficient (Wildman–Crippen LogP) is 4.04. The summed E-state index contributed by atoms with van der Waals surface area (Å²) in [6, 6.07) is 15.7. The van der Waals surface area contributed by atoms with Gasteiger partial charge in [0.1, 0.15) is 0 Å². The number of benzene rings is 2. The Kier molecular flexibility index (Phi) is 4.25. The number of imidazole rings is 1. The van der Waals surface area contributed by atoms with Gasteiger partial charge in [0.2, 0.25) is 0 Å². The molecule has 3 aromatic heterocycles. The van der Waals surface area contributed by atoms with Crippen LogP contribution >= 0.6 is 11.8 Å². The van der Waals surface area contributed by atoms with E-state index in [9.17, 15) is 4.79 Å². The molecule has 0 bridgehead atoms. The SMILES string of the molecule is O=c1[nH]c2ccccc2n1CCCSc1nnc(-c2c[nH]c3ccccc23)o1. The Bertz CT molecular complexity index is 1310. The van der Waals surface area contributed by atoms with Crippen molar-refractivity contribution in [3.63, 3.8) is 0 Å². The number of aromatic nitrogens is 5. The zero-order valence-electron chi connectivity index (χ0n) is 14.9. The predicted molar refractivity (Wildman–Crippen MR) is 109 cm³/mol. The zero-order chi connectivity index (χ0) is 18.9. The van der Waals surface area contributed by atoms with Gasteiger partial charge in [-0.1, -0.05) is 42.1 Å². The molecule has 3 heterocycles. The van der Waals surface area contributed by atoms with Gasteiger partial charge in [-0.15, -0.1) is 10.2 Å². The van der Waals surface area contributed by atoms with E-state index in [4.69, 9.17) is 4.42 Å². The van der Waals surface area contributed by atoms with Gasteiger partial charge in [-0.2, -0.15) is 0 Å². The van der Waals surface area contributed by atoms with E-state index < -0.39 is 0 Å². The van der Waals surface area contributed by atoms with Crippen LogP contribution in [0.2, 0.25) is 0 Å². The third-order valence-electron chi connectivity index (χ3n) is 4.66. The van der Waals surface area contributed by atoms with Gasteiger partial charge in [0.25, 0.3) is 11.1 Å². The Morgan fingerprint density at radius 1 is 1.04 bits per heavy atom. The number of hydrogen-bond donors (Lipinski definition) is 2. The van der Waals surface area contributed by atoms with Gasteiger partial charge in [-0.25, -0.2) is 4.79 Å². The van der Waals surface area contributed by atoms with E-state index in [0.29, 0.717) is 17.7 Å². The molecule has 0 unspecified atom stereocenters. The molecule has 28 heavy (non-hydrogen) atoms. The molecule has 0 aliphatic carbocycles. The first-order valence-corrected chi connectivity index (χ1v) is 9.98. The van der Waals surface area contributed by atoms with Gasteiger partial charge in [0.05, 0.1) is 16.6 Å². The first-order chi connectivity index (χ1) is 13.8. The van der Waals surface area contributed by atoms with Crippen molar-refractivity contribution in [2.45, 2.75) is 18.2 Å². The number of H-pyrrole nitrogens is 2. The van der Waals surface area contributed by atoms with E-state index in [-0.39, 0.29) is 5.69 Å². The molecule has 2 aromatic carbocycles. The standard InChI is InChI=1S/C20H17N5O2S/c26-19-22-16-8-3-4-9-17(16)25(19)10-5-11-28-20-24-23-18(27-20)14-12-21-15-7-2-1-6-13(14)15/h1-4,6-9,12,21H,5,10-11H2,(H,22,26). The topological polar surface area (TPSA) is 92.5 Å². The lowest BCUT2D eigenvalue weighted by Crippen LogP contribution is -2.17. The molecule has 0 spiro atoms. The van der Waals surface area contributed by atoms with Crippen molar-refractivity contribution in [2.24, 2.45) is 0 Å². The van der Waals surface area contributed by atoms with Crippen molar-refractivity contribution in [2.75, 3.05) is 5.75 Å². The van der Waals surface area contributed by atoms with Gasteiger partial charge in [-0.3, -0.25) is 4.57 Å². The quantitative estimate of drug-likeness (QED) is 0.337. The van der Waals surface area contributed by atoms with Crippen LogP contribution in [0, 0.1) is 0 Å². The number of nitrogens with zero attached hydrogens (tertiary/aromatic N) is 3. The average Bonchev–Trinajstić information content (AvgIpc) is 3.42. The number of thioether (sulfide) groups is 1. The number of rotatable bonds is 6. The molecular formula is C20H17N5O2S. The summed E-state index contributed by atoms with van der Waals surface area (Å²) < 4.78 is 7.58. The van der Waals surface area contributed by atoms with Crippen LogP contribution in [0.4, 0.5) is 0 Å². The second kappa shape index (κ2) is 7.05. The minimum absolute atomic E-state index is 0.0781. The lowest BCUT2D eigenvalue weighted by Gasteiger charge is -2.02. The second-order valence-electron chi connectivity index (χ2n) is 6.42. The minimum Gasteiger partial charge on any atom is -0.411 e. The van der Waals surface area contributed by atoms with Crippen molar-refractivity contribution in [3.05, 3.63) is 65.2 Å². The summed E-state index contributed by atoms with van der Waals surface area (Å²) in [5, 5.41) is 9.90. The van der Waals surface area contributed by atoms with Crippen LogP contribution in [0.3, 0.4) is 0 Å². The fourth-order valence-electron chi connectivity index (χ4n) is 3.34. The third-order valence-corrected chi connectivity index (χ3v) is 5.56. The Labute approximate surface area is 163 Å². The molecule has 140 valence electrons. The molecule has 0 aliphatic heterocycles. The first-order valence-electron chi connectivity index (χ1n) is 9.00. The Morgan fingerprint density at radius 3 is 2.79 bits per heavy atom. The van der Waals surface area contributed by atoms with Gasteiger partial charge >= 0.3 is 5.69 Å². The molecule has 0 saturated carbocycles. The highest BCUT2D eigenvalue weighted by Crippen LogP contribution is 2.29. The normalized spacial score (nSPS) is 11.6. The fourth-order valence-corrected chi connectivity index (χ4v) is 4.02. The monoisotopic (exact) mass is 391 g/mol. The molecule has 0 aliphatic rings. The van der Waals surface area contributed by atoms with Gasteiger partial charge in [-0.05, 0) is 24.6 Å². The maximum absolute atomic E-state index is 12.1. The van der Waals surface area contributed by atoms with Crippen LogP contribution in [0.25, 0.3) is 33.4 Å². The largest absolute Gasteiger partial charge is 0.411 e. The van der Waals surface area contributed by atoms with Crippen LogP contribution < -0.4 is 5.69 Å². The van der Waals surface area contributed by atoms with Crippen LogP contribution in [-0.2, 0) is 6.54 Å². The third kappa shape index (κ3) is 3.01. The van der Waals surface area contributed by atoms with Crippen LogP contribution in [0.15, 0.2) is 69.2 Å². The van der Waals surface area contributed by atoms with E-state index in [1.807, 2.05) is 54.7 Å². The van der Waals surface area contributed by atoms with Crippen molar-refractivity contribution in [1.29, 1.82) is 0 Å². The summed E-state index contributed by atoms with van der Waals surface area (Å²) in [5.41, 5.74) is 3.65. The molecule has 0 atom stereocenters. The molecule has 0 saturated heterocycles. The van der Waals surface area contributed by atoms with Gasteiger partial charge in [0.15, 0.2) is 0 Å². The second-order valence-corrected chi connectivity index (χ2v) is 7.47. The van der Waals surface area contributed by atoms with Gasteiger partial charge in [0, 0.05) is 29.4 Å². The molecular weight excluding hydrogens is 374 g/mol. The highest BCUT2D eigenvalue weighted by molar-refractivity contribution is 7.99. The number of nitrogens with one attached hydrogen (secondary N) is 2. The van der Waals surface area contributed by atoms with Crippen LogP contribution in [0.1, 0.15) is 6.42 Å². The number of aryl methyl sites for hydroxylation is 1. The van der Waals surface area contributed by atoms with E-state index in [2.05, 4.69) is 20.2 Å². The summed E-state index contributed by atoms with van der Waals surface area (Å²) in [6.07, 6.45) is 2.70. The zero-order valence-corrected chi connectivity index (χ0v) is 15.7. The Morgan fingerprint density at radius 2 is 1.86 bits per heavy atom. The van der Waals surface area contributed by atoms with E-state index in [1.165, 1.54) is 11.8 Å². The summed E-state index contributed by atoms with van der Waals surface area (Å²) >= 11 is 1.50. The minimum atomic E-state index is -0.0781. The molecule has 0 radical (unpaired) electrons. The highest BCUT2D eigenvalue weighted by Gasteiger charge is 2.13. The van der Waals surface area contributed by atoms with Crippen LogP contribution in [-0.4, -0.2) is 30.5 Å². The Hall–Kier alpha value is -3.26. The van der Waals surface area contributed by atoms with E-state index in [1.54, 1.807) is 4.57 Å². The molecule has 5 aromatic rings. The van der Waals surface area contributed by atoms with Crippen molar-refractivity contribution < 1.29 is 4.42 Å². The van der Waals surface area contributed by atoms with Crippen molar-refractivity contribution >= 4 is 33.7 Å². The first kappa shape index (κ1) is 16.9. The summed E-state index contributed by atoms with van der Waals surface area (Å²) in [6.45, 7) is 0.638. The Balaban J connectivity index is 1.24.